The van der Waals surface area contributed by atoms with Gasteiger partial charge in [-0.3, -0.25) is 9.59 Å². The van der Waals surface area contributed by atoms with Gasteiger partial charge in [-0.2, -0.15) is 0 Å². The SMILES string of the molecule is C#CC#CC#CC#CC#CC#CC#CC#CC#CC#CC#CC#CC.CC(C)c1cc(C(C)C)c(-c2ccccc2P(C(C)(C)C)C(C)(C)C)c(C(C)C)c1.COc1ccc(CN)c(OC)c1.COc1ccc(CNc2csc([C@]34COC5(CCC5)C[C@H]3CSC(NC(=O)c3ccccc3)=N4)n2)c(OC)c1.O=C(NC1=N[C@@]2(c3nc(Br)cs3)COC3(CCC3)C[C@H]2CS1)c1ccccc1.PP(P)P. The summed E-state index contributed by atoms with van der Waals surface area (Å²) in [5.41, 5.74) is 15.1. The highest BCUT2D eigenvalue weighted by Crippen LogP contribution is 2.62. The first-order valence-electron chi connectivity index (χ1n) is 45.1. The van der Waals surface area contributed by atoms with Crippen LogP contribution in [0.15, 0.2) is 159 Å². The standard InChI is InChI=1S/C29H32N4O4S2.C29H45P.C25H4.C20H20BrN3O2S2.C9H13NO2.H6P4/c1-35-22-10-9-20(23(13-22)36-2)15-30-24-17-38-26(31-24)29-18-37-28(11-6-12-28)14-21(29)16-39-27(33-29)32-25(34)19-7-4-3-5-8-19;1-19(2)22-17-24(20(3)4)27(25(18-22)21(5)6)23-15-13-14-16-26(23)30(28(7,8)9)29(10,11)12;1-3-5-7-9-11-13-15-17-19-21-23-25-24-22-20-18-16-14-12-10-8-6-4-2;21-15-11-27-17(22-15)20-12-26-19(7-4-8-19)9-14(20)10-28-18(24-20)23-16(25)13-5-2-1-3-6-13;1-11-8-4-3-7(6-10)9(5-8)12-2;1-4(2)3/h3-5,7-10,13,17,21,30H,6,11-12,14-16,18H2,1-2H3,(H,32,33,34);13-21H,1-12H3;1H,2H3;1-3,5-6,11,14H,4,7-10,12H2,(H,23,24,25);3-5H,6,10H2,1-2H3;1-3H2/t21-,29-;;;14-,20-;;/m0..0../s1. The van der Waals surface area contributed by atoms with E-state index < -0.39 is 11.1 Å². The number of carbonyl (C=O) groups excluding carboxylic acids is 2. The molecule has 2 amide bonds. The second-order valence-electron chi connectivity index (χ2n) is 35.5. The van der Waals surface area contributed by atoms with Crippen molar-refractivity contribution in [2.45, 2.75) is 205 Å². The number of methoxy groups -OCH3 is 4. The topological polar surface area (TPSA) is 202 Å². The molecular formula is C112H120BrN8O8P5S4. The Labute approximate surface area is 854 Å². The summed E-state index contributed by atoms with van der Waals surface area (Å²) in [6, 6.07) is 44.1. The Balaban J connectivity index is 0.000000197. The zero-order valence-electron chi connectivity index (χ0n) is 81.5. The summed E-state index contributed by atoms with van der Waals surface area (Å²) >= 11 is 9.94. The fourth-order valence-corrected chi connectivity index (χ4v) is 25.2. The largest absolute Gasteiger partial charge is 0.497 e. The Morgan fingerprint density at radius 2 is 0.935 bits per heavy atom. The van der Waals surface area contributed by atoms with Crippen molar-refractivity contribution in [1.82, 2.24) is 20.6 Å². The molecule has 14 rings (SSSR count). The van der Waals surface area contributed by atoms with Gasteiger partial charge in [-0.05, 0) is 280 Å². The number of halogens is 1. The van der Waals surface area contributed by atoms with E-state index in [-0.39, 0.29) is 54.2 Å². The highest BCUT2D eigenvalue weighted by molar-refractivity contribution is 9.10. The minimum atomic E-state index is -0.617. The molecule has 0 bridgehead atoms. The number of terminal acetylenes is 1. The lowest BCUT2D eigenvalue weighted by atomic mass is 9.67. The molecule has 712 valence electrons. The summed E-state index contributed by atoms with van der Waals surface area (Å²) in [5.74, 6) is 64.4. The third kappa shape index (κ3) is 32.4. The molecule has 7 atom stereocenters. The number of nitrogens with two attached hydrogens (primary N) is 1. The van der Waals surface area contributed by atoms with Crippen molar-refractivity contribution in [3.63, 3.8) is 0 Å². The number of thiazole rings is 2. The van der Waals surface area contributed by atoms with Crippen LogP contribution in [0.4, 0.5) is 5.82 Å². The molecule has 16 nitrogen and oxygen atoms in total. The Bertz CT molecular complexity index is 6430. The quantitative estimate of drug-likeness (QED) is 0.0495. The molecule has 2 aliphatic carbocycles. The van der Waals surface area contributed by atoms with Crippen LogP contribution in [0.5, 0.6) is 23.0 Å². The van der Waals surface area contributed by atoms with Gasteiger partial charge in [0.15, 0.2) is 10.3 Å². The van der Waals surface area contributed by atoms with Crippen molar-refractivity contribution in [2.75, 3.05) is 58.5 Å². The maximum Gasteiger partial charge on any atom is 0.257 e. The Morgan fingerprint density at radius 3 is 1.30 bits per heavy atom. The first-order valence-corrected chi connectivity index (χ1v) is 57.2. The van der Waals surface area contributed by atoms with E-state index in [2.05, 4.69) is 314 Å². The van der Waals surface area contributed by atoms with E-state index in [0.717, 1.165) is 105 Å². The number of nitrogens with zero attached hydrogens (tertiary/aromatic N) is 4. The number of ether oxygens (including phenoxy) is 6. The highest BCUT2D eigenvalue weighted by atomic mass is 79.9. The fourth-order valence-electron chi connectivity index (χ4n) is 16.4. The minimum absolute atomic E-state index is 0.0156. The van der Waals surface area contributed by atoms with Gasteiger partial charge >= 0.3 is 0 Å². The van der Waals surface area contributed by atoms with Crippen molar-refractivity contribution >= 4 is 137 Å². The number of hydrogen-bond acceptors (Lipinski definition) is 18. The van der Waals surface area contributed by atoms with Crippen LogP contribution in [0.1, 0.15) is 218 Å². The van der Waals surface area contributed by atoms with Crippen LogP contribution < -0.4 is 45.9 Å². The second kappa shape index (κ2) is 55.1. The first-order chi connectivity index (χ1) is 66.2. The molecule has 0 radical (unpaired) electrons. The van der Waals surface area contributed by atoms with Crippen LogP contribution in [-0.2, 0) is 33.6 Å². The molecule has 8 aromatic rings. The third-order valence-corrected chi connectivity index (χ3v) is 31.4. The summed E-state index contributed by atoms with van der Waals surface area (Å²) in [7, 11) is 14.1. The van der Waals surface area contributed by atoms with Crippen molar-refractivity contribution in [3.05, 3.63) is 198 Å². The second-order valence-corrected chi connectivity index (χ2v) is 55.5. The summed E-state index contributed by atoms with van der Waals surface area (Å²) in [6.45, 7) is 32.5. The molecular weight excluding hydrogens is 1950 g/mol. The number of nitrogens with one attached hydrogen (secondary N) is 3. The van der Waals surface area contributed by atoms with E-state index in [1.165, 1.54) is 40.7 Å². The Hall–Kier alpha value is -10.2. The smallest absolute Gasteiger partial charge is 0.257 e. The van der Waals surface area contributed by atoms with Gasteiger partial charge < -0.3 is 50.1 Å². The van der Waals surface area contributed by atoms with Crippen molar-refractivity contribution in [3.8, 4) is 177 Å². The monoisotopic (exact) mass is 2070 g/mol. The normalized spacial score (nSPS) is 16.9. The molecule has 26 heteroatoms. The molecule has 6 heterocycles. The van der Waals surface area contributed by atoms with Gasteiger partial charge in [-0.1, -0.05) is 199 Å². The number of carbonyl (C=O) groups is 2. The number of benzene rings is 6. The van der Waals surface area contributed by atoms with E-state index >= 15 is 0 Å². The number of hydrogen-bond donors (Lipinski definition) is 4. The molecule has 4 fully saturated rings. The van der Waals surface area contributed by atoms with Crippen LogP contribution >= 0.6 is 104 Å². The summed E-state index contributed by atoms with van der Waals surface area (Å²) in [6.07, 6.45) is 13.9. The van der Waals surface area contributed by atoms with Gasteiger partial charge in [0.1, 0.15) is 54.5 Å². The summed E-state index contributed by atoms with van der Waals surface area (Å²) < 4.78 is 34.8. The Morgan fingerprint density at radius 1 is 0.536 bits per heavy atom. The van der Waals surface area contributed by atoms with Gasteiger partial charge in [0.05, 0.1) is 52.9 Å². The molecule has 6 aromatic carbocycles. The molecule has 2 saturated carbocycles. The summed E-state index contributed by atoms with van der Waals surface area (Å²) in [5, 5.41) is 18.7. The summed E-state index contributed by atoms with van der Waals surface area (Å²) in [4.78, 5) is 45.5. The predicted molar refractivity (Wildman–Crippen MR) is 595 cm³/mol. The van der Waals surface area contributed by atoms with Gasteiger partial charge in [0.25, 0.3) is 11.8 Å². The Kier molecular flexibility index (Phi) is 44.5. The number of thioether (sulfide) groups is 2. The van der Waals surface area contributed by atoms with E-state index in [9.17, 15) is 9.59 Å². The average Bonchev–Trinajstić information content (AvgIpc) is 1.30. The average molecular weight is 2070 g/mol. The van der Waals surface area contributed by atoms with Gasteiger partial charge in [-0.15, -0.1) is 55.9 Å². The van der Waals surface area contributed by atoms with Crippen molar-refractivity contribution in [2.24, 2.45) is 27.6 Å². The van der Waals surface area contributed by atoms with Crippen LogP contribution in [0, 0.1) is 154 Å². The fraction of sp³-hybridized carbons (Fsp3) is 0.375. The molecule has 2 aromatic heterocycles. The number of anilines is 1. The number of amides is 2. The lowest BCUT2D eigenvalue weighted by Gasteiger charge is -2.54. The number of rotatable bonds is 17. The maximum atomic E-state index is 12.9. The maximum absolute atomic E-state index is 12.9. The van der Waals surface area contributed by atoms with Gasteiger partial charge in [0, 0.05) is 117 Å². The van der Waals surface area contributed by atoms with Crippen LogP contribution in [-0.4, -0.2) is 107 Å². The number of aromatic nitrogens is 2. The number of fused-ring (bicyclic) bond motifs is 2. The molecule has 6 aliphatic rings. The first kappa shape index (κ1) is 111. The minimum Gasteiger partial charge on any atom is -0.497 e. The number of aliphatic imine (C=N–C) groups is 2. The van der Waals surface area contributed by atoms with Crippen molar-refractivity contribution in [1.29, 1.82) is 0 Å². The molecule has 3 unspecified atom stereocenters. The zero-order valence-corrected chi connectivity index (χ0v) is 91.6. The van der Waals surface area contributed by atoms with E-state index in [0.29, 0.717) is 71.4 Å². The number of amidine groups is 2. The molecule has 2 spiro atoms. The predicted octanol–water partition coefficient (Wildman–Crippen LogP) is 23.2. The van der Waals surface area contributed by atoms with Gasteiger partial charge in [0.2, 0.25) is 0 Å². The molecule has 5 N–H and O–H groups in total. The van der Waals surface area contributed by atoms with E-state index in [1.54, 1.807) is 86.9 Å². The van der Waals surface area contributed by atoms with Gasteiger partial charge in [-0.25, -0.2) is 20.0 Å². The molecule has 2 saturated heterocycles. The van der Waals surface area contributed by atoms with E-state index in [4.69, 9.17) is 60.5 Å². The lowest BCUT2D eigenvalue weighted by Crippen LogP contribution is -2.57. The zero-order chi connectivity index (χ0) is 99.9. The lowest BCUT2D eigenvalue weighted by molar-refractivity contribution is -0.169. The van der Waals surface area contributed by atoms with E-state index in [1.807, 2.05) is 108 Å². The van der Waals surface area contributed by atoms with Crippen LogP contribution in [0.25, 0.3) is 11.1 Å². The molecule has 138 heavy (non-hydrogen) atoms. The molecule has 4 aliphatic heterocycles. The van der Waals surface area contributed by atoms with Crippen LogP contribution in [0.2, 0.25) is 0 Å². The third-order valence-electron chi connectivity index (χ3n) is 23.0. The van der Waals surface area contributed by atoms with Crippen LogP contribution in [0.3, 0.4) is 0 Å². The van der Waals surface area contributed by atoms with Crippen molar-refractivity contribution < 1.29 is 38.0 Å². The highest BCUT2D eigenvalue weighted by Gasteiger charge is 2.58.